The minimum atomic E-state index is -1.24. The summed E-state index contributed by atoms with van der Waals surface area (Å²) in [5.74, 6) is -2.07. The van der Waals surface area contributed by atoms with Gasteiger partial charge in [-0.05, 0) is 44.2 Å². The number of amides is 1. The maximum atomic E-state index is 12.5. The zero-order valence-corrected chi connectivity index (χ0v) is 15.6. The van der Waals surface area contributed by atoms with Crippen LogP contribution in [0.4, 0.5) is 5.69 Å². The van der Waals surface area contributed by atoms with Gasteiger partial charge in [0.15, 0.2) is 0 Å². The Hall–Kier alpha value is -2.41. The summed E-state index contributed by atoms with van der Waals surface area (Å²) in [6.45, 7) is 3.94. The van der Waals surface area contributed by atoms with E-state index in [0.717, 1.165) is 0 Å². The molecule has 0 radical (unpaired) electrons. The Bertz CT molecular complexity index is 722. The predicted octanol–water partition coefficient (Wildman–Crippen LogP) is 1.72. The van der Waals surface area contributed by atoms with Crippen LogP contribution in [0.2, 0.25) is 0 Å². The van der Waals surface area contributed by atoms with Crippen molar-refractivity contribution in [2.45, 2.75) is 32.2 Å². The van der Waals surface area contributed by atoms with Gasteiger partial charge in [0, 0.05) is 18.0 Å². The van der Waals surface area contributed by atoms with E-state index < -0.39 is 17.4 Å². The molecule has 2 aliphatic rings. The average molecular weight is 374 g/mol. The van der Waals surface area contributed by atoms with E-state index >= 15 is 0 Å². The Kier molecular flexibility index (Phi) is 5.51. The number of carbonyl (C=O) groups is 3. The molecule has 0 spiro atoms. The van der Waals surface area contributed by atoms with Crippen molar-refractivity contribution in [3.63, 3.8) is 0 Å². The van der Waals surface area contributed by atoms with Gasteiger partial charge in [-0.1, -0.05) is 18.2 Å². The van der Waals surface area contributed by atoms with Crippen LogP contribution in [-0.2, 0) is 23.9 Å². The molecule has 7 heteroatoms. The molecular formula is C20H26N2O5. The lowest BCUT2D eigenvalue weighted by molar-refractivity contribution is -0.152. The van der Waals surface area contributed by atoms with E-state index in [1.165, 1.54) is 0 Å². The summed E-state index contributed by atoms with van der Waals surface area (Å²) in [5, 5.41) is 2.85. The molecule has 2 fully saturated rings. The predicted molar refractivity (Wildman–Crippen MR) is 98.5 cm³/mol. The maximum absolute atomic E-state index is 12.5. The van der Waals surface area contributed by atoms with E-state index in [4.69, 9.17) is 15.2 Å². The van der Waals surface area contributed by atoms with Crippen molar-refractivity contribution < 1.29 is 23.9 Å². The molecule has 3 rings (SSSR count). The molecule has 0 bridgehead atoms. The summed E-state index contributed by atoms with van der Waals surface area (Å²) in [5.41, 5.74) is 5.87. The maximum Gasteiger partial charge on any atom is 0.326 e. The lowest BCUT2D eigenvalue weighted by atomic mass is 9.86. The third kappa shape index (κ3) is 3.69. The van der Waals surface area contributed by atoms with E-state index in [-0.39, 0.29) is 49.3 Å². The van der Waals surface area contributed by atoms with Crippen molar-refractivity contribution >= 4 is 23.5 Å². The lowest BCUT2D eigenvalue weighted by Crippen LogP contribution is -2.51. The summed E-state index contributed by atoms with van der Waals surface area (Å²) in [4.78, 5) is 37.2. The monoisotopic (exact) mass is 374 g/mol. The van der Waals surface area contributed by atoms with Crippen molar-refractivity contribution in [2.24, 2.45) is 29.4 Å². The zero-order chi connectivity index (χ0) is 19.6. The molecule has 7 nitrogen and oxygen atoms in total. The third-order valence-electron chi connectivity index (χ3n) is 5.53. The van der Waals surface area contributed by atoms with E-state index in [9.17, 15) is 14.4 Å². The number of anilines is 1. The van der Waals surface area contributed by atoms with Gasteiger partial charge in [-0.25, -0.2) is 0 Å². The van der Waals surface area contributed by atoms with E-state index in [1.807, 2.05) is 18.2 Å². The zero-order valence-electron chi connectivity index (χ0n) is 15.6. The fourth-order valence-corrected chi connectivity index (χ4v) is 4.50. The average Bonchev–Trinajstić information content (AvgIpc) is 3.32. The first-order valence-corrected chi connectivity index (χ1v) is 9.40. The molecule has 0 aromatic heterocycles. The highest BCUT2D eigenvalue weighted by Crippen LogP contribution is 2.65. The fraction of sp³-hybridized carbons (Fsp3) is 0.550. The Balaban J connectivity index is 1.72. The number of rotatable bonds is 7. The number of ether oxygens (including phenoxy) is 2. The van der Waals surface area contributed by atoms with Crippen molar-refractivity contribution in [2.75, 3.05) is 18.5 Å². The Morgan fingerprint density at radius 2 is 1.81 bits per heavy atom. The minimum absolute atomic E-state index is 0.125. The topological polar surface area (TPSA) is 108 Å². The van der Waals surface area contributed by atoms with E-state index in [0.29, 0.717) is 12.1 Å². The summed E-state index contributed by atoms with van der Waals surface area (Å²) in [6.07, 6.45) is 0.531. The van der Waals surface area contributed by atoms with Gasteiger partial charge in [0.1, 0.15) is 5.54 Å². The number of carbonyl (C=O) groups excluding carboxylic acids is 3. The Morgan fingerprint density at radius 1 is 1.15 bits per heavy atom. The Labute approximate surface area is 158 Å². The van der Waals surface area contributed by atoms with Gasteiger partial charge in [0.2, 0.25) is 5.91 Å². The van der Waals surface area contributed by atoms with Gasteiger partial charge >= 0.3 is 11.9 Å². The molecule has 27 heavy (non-hydrogen) atoms. The normalized spacial score (nSPS) is 30.9. The van der Waals surface area contributed by atoms with Crippen LogP contribution in [0.5, 0.6) is 0 Å². The van der Waals surface area contributed by atoms with Gasteiger partial charge < -0.3 is 20.5 Å². The van der Waals surface area contributed by atoms with E-state index in [1.54, 1.807) is 26.0 Å². The number of benzene rings is 1. The molecule has 0 aliphatic heterocycles. The van der Waals surface area contributed by atoms with Gasteiger partial charge in [-0.3, -0.25) is 14.4 Å². The van der Waals surface area contributed by atoms with Crippen LogP contribution in [0.1, 0.15) is 26.7 Å². The second-order valence-electron chi connectivity index (χ2n) is 7.22. The number of esters is 2. The summed E-state index contributed by atoms with van der Waals surface area (Å²) < 4.78 is 10.3. The molecule has 3 N–H and O–H groups in total. The molecule has 1 aromatic rings. The van der Waals surface area contributed by atoms with Crippen LogP contribution in [0.25, 0.3) is 0 Å². The van der Waals surface area contributed by atoms with Crippen LogP contribution < -0.4 is 11.1 Å². The molecule has 0 unspecified atom stereocenters. The summed E-state index contributed by atoms with van der Waals surface area (Å²) >= 11 is 0. The molecule has 1 aromatic carbocycles. The highest BCUT2D eigenvalue weighted by molar-refractivity contribution is 5.92. The van der Waals surface area contributed by atoms with Gasteiger partial charge in [-0.15, -0.1) is 0 Å². The highest BCUT2D eigenvalue weighted by atomic mass is 16.5. The van der Waals surface area contributed by atoms with Crippen LogP contribution >= 0.6 is 0 Å². The largest absolute Gasteiger partial charge is 0.466 e. The molecule has 2 aliphatic carbocycles. The molecule has 0 heterocycles. The van der Waals surface area contributed by atoms with Gasteiger partial charge in [0.25, 0.3) is 0 Å². The molecule has 5 atom stereocenters. The van der Waals surface area contributed by atoms with Gasteiger partial charge in [0.05, 0.1) is 19.1 Å². The molecule has 2 saturated carbocycles. The number of para-hydroxylation sites is 1. The number of nitrogens with two attached hydrogens (primary N) is 1. The number of hydrogen-bond donors (Lipinski definition) is 2. The molecular weight excluding hydrogens is 348 g/mol. The first kappa shape index (κ1) is 19.4. The van der Waals surface area contributed by atoms with Crippen molar-refractivity contribution in [3.05, 3.63) is 30.3 Å². The first-order chi connectivity index (χ1) is 12.9. The van der Waals surface area contributed by atoms with Crippen LogP contribution in [0.15, 0.2) is 30.3 Å². The number of fused-ring (bicyclic) bond motifs is 1. The van der Waals surface area contributed by atoms with Crippen LogP contribution in [0.3, 0.4) is 0 Å². The number of hydrogen-bond acceptors (Lipinski definition) is 6. The van der Waals surface area contributed by atoms with Crippen molar-refractivity contribution in [1.29, 1.82) is 0 Å². The van der Waals surface area contributed by atoms with Crippen LogP contribution in [-0.4, -0.2) is 36.6 Å². The standard InChI is InChI=1S/C20H26N2O5/c1-3-26-18(24)16-15-12(10-14(23)22-13-8-6-5-7-9-13)11-20(21,17(15)16)19(25)27-4-2/h5-9,12,15-17H,3-4,10-11,21H2,1-2H3,(H,22,23)/t12-,15-,16-,17+,20-/m1/s1. The molecule has 146 valence electrons. The molecule has 0 saturated heterocycles. The quantitative estimate of drug-likeness (QED) is 0.704. The lowest BCUT2D eigenvalue weighted by Gasteiger charge is -2.27. The molecule has 1 amide bonds. The summed E-state index contributed by atoms with van der Waals surface area (Å²) in [7, 11) is 0. The second kappa shape index (κ2) is 7.68. The SMILES string of the molecule is CCOC(=O)[C@@H]1[C@H]2[C@H](CC(=O)Nc3ccccc3)C[C@](N)(C(=O)OCC)[C@H]12. The summed E-state index contributed by atoms with van der Waals surface area (Å²) in [6, 6.07) is 9.15. The smallest absolute Gasteiger partial charge is 0.326 e. The Morgan fingerprint density at radius 3 is 2.44 bits per heavy atom. The third-order valence-corrected chi connectivity index (χ3v) is 5.53. The first-order valence-electron chi connectivity index (χ1n) is 9.40. The minimum Gasteiger partial charge on any atom is -0.466 e. The highest BCUT2D eigenvalue weighted by Gasteiger charge is 2.74. The number of nitrogens with one attached hydrogen (secondary N) is 1. The second-order valence-corrected chi connectivity index (χ2v) is 7.22. The van der Waals surface area contributed by atoms with Gasteiger partial charge in [-0.2, -0.15) is 0 Å². The van der Waals surface area contributed by atoms with E-state index in [2.05, 4.69) is 5.32 Å². The van der Waals surface area contributed by atoms with Crippen LogP contribution in [0, 0.1) is 23.7 Å². The fourth-order valence-electron chi connectivity index (χ4n) is 4.50. The van der Waals surface area contributed by atoms with Crippen molar-refractivity contribution in [3.8, 4) is 0 Å². The van der Waals surface area contributed by atoms with Crippen molar-refractivity contribution in [1.82, 2.24) is 0 Å².